The van der Waals surface area contributed by atoms with E-state index in [1.54, 1.807) is 12.1 Å². The van der Waals surface area contributed by atoms with Crippen LogP contribution in [0.1, 0.15) is 32.6 Å². The Kier molecular flexibility index (Phi) is 7.05. The molecule has 1 saturated carbocycles. The number of ether oxygens (including phenoxy) is 1. The van der Waals surface area contributed by atoms with Gasteiger partial charge < -0.3 is 27.3 Å². The molecule has 1 aliphatic rings. The third kappa shape index (κ3) is 5.49. The number of carbonyl (C=O) groups is 1. The molecule has 0 aliphatic heterocycles. The van der Waals surface area contributed by atoms with E-state index >= 15 is 0 Å². The van der Waals surface area contributed by atoms with Gasteiger partial charge in [-0.1, -0.05) is 19.8 Å². The van der Waals surface area contributed by atoms with Gasteiger partial charge in [-0.15, -0.1) is 0 Å². The first kappa shape index (κ1) is 21.3. The van der Waals surface area contributed by atoms with Crippen LogP contribution in [-0.2, 0) is 4.79 Å². The number of carbonyl (C=O) groups excluding carboxylic acids is 1. The first-order valence-electron chi connectivity index (χ1n) is 9.09. The Morgan fingerprint density at radius 3 is 2.86 bits per heavy atom. The van der Waals surface area contributed by atoms with Crippen molar-refractivity contribution in [2.24, 2.45) is 32.6 Å². The summed E-state index contributed by atoms with van der Waals surface area (Å²) >= 11 is 0. The van der Waals surface area contributed by atoms with Crippen LogP contribution in [-0.4, -0.2) is 48.1 Å². The van der Waals surface area contributed by atoms with Crippen molar-refractivity contribution >= 4 is 29.1 Å². The van der Waals surface area contributed by atoms with E-state index in [9.17, 15) is 4.79 Å². The Labute approximate surface area is 164 Å². The number of rotatable bonds is 6. The van der Waals surface area contributed by atoms with Gasteiger partial charge in [0, 0.05) is 36.0 Å². The number of aliphatic imine (C=N–C) groups is 2. The van der Waals surface area contributed by atoms with Gasteiger partial charge in [-0.2, -0.15) is 4.99 Å². The van der Waals surface area contributed by atoms with E-state index in [2.05, 4.69) is 27.2 Å². The second kappa shape index (κ2) is 9.27. The van der Waals surface area contributed by atoms with Crippen molar-refractivity contribution in [3.63, 3.8) is 0 Å². The Bertz CT molecular complexity index is 792. The largest absolute Gasteiger partial charge is 0.481 e. The number of amidine groups is 1. The second-order valence-electron chi connectivity index (χ2n) is 7.13. The van der Waals surface area contributed by atoms with Gasteiger partial charge >= 0.3 is 11.6 Å². The summed E-state index contributed by atoms with van der Waals surface area (Å²) in [6, 6.07) is 3.33. The quantitative estimate of drug-likeness (QED) is 0.301. The summed E-state index contributed by atoms with van der Waals surface area (Å²) in [7, 11) is 1.49. The molecule has 152 valence electrons. The van der Waals surface area contributed by atoms with Gasteiger partial charge in [0.1, 0.15) is 0 Å². The highest BCUT2D eigenvalue weighted by molar-refractivity contribution is 6.66. The first-order chi connectivity index (χ1) is 13.2. The minimum atomic E-state index is -0.832. The molecule has 0 aromatic carbocycles. The molecule has 0 saturated heterocycles. The van der Waals surface area contributed by atoms with Crippen LogP contribution in [0.25, 0.3) is 0 Å². The molecule has 1 amide bonds. The zero-order valence-corrected chi connectivity index (χ0v) is 16.3. The lowest BCUT2D eigenvalue weighted by Crippen LogP contribution is -2.54. The van der Waals surface area contributed by atoms with Crippen LogP contribution in [0.2, 0.25) is 0 Å². The van der Waals surface area contributed by atoms with Crippen molar-refractivity contribution in [1.29, 1.82) is 0 Å². The number of nitrogens with one attached hydrogen (secondary N) is 1. The van der Waals surface area contributed by atoms with E-state index in [4.69, 9.17) is 27.3 Å². The molecule has 9 N–H and O–H groups in total. The van der Waals surface area contributed by atoms with E-state index in [1.807, 2.05) is 0 Å². The lowest BCUT2D eigenvalue weighted by atomic mass is 9.72. The normalized spacial score (nSPS) is 23.2. The van der Waals surface area contributed by atoms with Crippen LogP contribution in [0.4, 0.5) is 5.69 Å². The molecule has 1 aromatic rings. The van der Waals surface area contributed by atoms with Crippen LogP contribution in [0.5, 0.6) is 5.88 Å². The molecular formula is C18H29N8O2+. The third-order valence-electron chi connectivity index (χ3n) is 4.96. The molecule has 10 heteroatoms. The van der Waals surface area contributed by atoms with Crippen molar-refractivity contribution in [2.75, 3.05) is 19.0 Å². The molecule has 28 heavy (non-hydrogen) atoms. The van der Waals surface area contributed by atoms with Crippen molar-refractivity contribution in [2.45, 2.75) is 38.6 Å². The van der Waals surface area contributed by atoms with Crippen LogP contribution < -0.4 is 32.7 Å². The predicted octanol–water partition coefficient (Wildman–Crippen LogP) is -1.19. The molecule has 2 rings (SSSR count). The zero-order valence-electron chi connectivity index (χ0n) is 16.3. The van der Waals surface area contributed by atoms with Gasteiger partial charge in [0.15, 0.2) is 0 Å². The smallest absolute Gasteiger partial charge is 0.316 e. The lowest BCUT2D eigenvalue weighted by Gasteiger charge is -2.38. The number of primary amides is 1. The van der Waals surface area contributed by atoms with Gasteiger partial charge in [-0.05, 0) is 18.9 Å². The Morgan fingerprint density at radius 2 is 2.21 bits per heavy atom. The predicted molar refractivity (Wildman–Crippen MR) is 109 cm³/mol. The van der Waals surface area contributed by atoms with E-state index in [0.29, 0.717) is 18.1 Å². The summed E-state index contributed by atoms with van der Waals surface area (Å²) in [5.41, 5.74) is 17.7. The zero-order chi connectivity index (χ0) is 20.7. The second-order valence-corrected chi connectivity index (χ2v) is 7.13. The highest BCUT2D eigenvalue weighted by atomic mass is 16.5. The van der Waals surface area contributed by atoms with Gasteiger partial charge in [0.2, 0.25) is 17.7 Å². The summed E-state index contributed by atoms with van der Waals surface area (Å²) in [5.74, 6) is -0.476. The number of anilines is 1. The van der Waals surface area contributed by atoms with E-state index in [-0.39, 0.29) is 29.0 Å². The molecule has 0 bridgehead atoms. The molecule has 10 nitrogen and oxygen atoms in total. The Balaban J connectivity index is 2.22. The number of nitrogens with two attached hydrogens (primary N) is 4. The number of hydrogen-bond donors (Lipinski definition) is 5. The fourth-order valence-corrected chi connectivity index (χ4v) is 3.04. The molecule has 1 fully saturated rings. The molecule has 1 aromatic heterocycles. The molecule has 1 aliphatic carbocycles. The average molecular weight is 389 g/mol. The fraction of sp³-hybridized carbons (Fsp3) is 0.500. The third-order valence-corrected chi connectivity index (χ3v) is 4.96. The minimum absolute atomic E-state index is 0.0000914. The standard InChI is InChI=1S/C18H28N8O2/c1-18(7-4-3-5-12(18)19)10-24-17(22)26-16(14(20)15(21)27)25-11-6-8-23-13(9-11)28-2/h6,8-9,12,20H,3-5,7,10,19H2,1-2H3,(H2,21,27)(H3,22,23,24,25,26)/p+1/t12-,18+/m0/s1. The van der Waals surface area contributed by atoms with Crippen LogP contribution in [0.15, 0.2) is 28.3 Å². The molecule has 0 spiro atoms. The summed E-state index contributed by atoms with van der Waals surface area (Å²) in [5, 5.41) is 8.69. The molecule has 2 atom stereocenters. The summed E-state index contributed by atoms with van der Waals surface area (Å²) in [4.78, 5) is 24.1. The summed E-state index contributed by atoms with van der Waals surface area (Å²) in [6.07, 6.45) is 5.71. The number of hydrogen-bond acceptors (Lipinski definition) is 5. The van der Waals surface area contributed by atoms with Crippen molar-refractivity contribution in [1.82, 2.24) is 4.98 Å². The monoisotopic (exact) mass is 389 g/mol. The molecule has 0 unspecified atom stereocenters. The average Bonchev–Trinajstić information content (AvgIpc) is 2.68. The topological polar surface area (TPSA) is 180 Å². The Hall–Kier alpha value is -3.01. The SMILES string of the molecule is COc1cc(NC(=NC(N)=NC[C@@]2(C)CCCC[C@@H]2N)C(=[NH2+])C(N)=O)ccn1. The van der Waals surface area contributed by atoms with Crippen LogP contribution in [0, 0.1) is 5.41 Å². The number of guanidine groups is 1. The minimum Gasteiger partial charge on any atom is -0.481 e. The van der Waals surface area contributed by atoms with E-state index in [1.165, 1.54) is 13.3 Å². The number of methoxy groups -OCH3 is 1. The molecule has 1 heterocycles. The lowest BCUT2D eigenvalue weighted by molar-refractivity contribution is -0.132. The van der Waals surface area contributed by atoms with Crippen LogP contribution in [0.3, 0.4) is 0 Å². The maximum absolute atomic E-state index is 11.5. The summed E-state index contributed by atoms with van der Waals surface area (Å²) in [6.45, 7) is 2.54. The number of aromatic nitrogens is 1. The maximum Gasteiger partial charge on any atom is 0.316 e. The number of nitrogens with zero attached hydrogens (tertiary/aromatic N) is 3. The fourth-order valence-electron chi connectivity index (χ4n) is 3.04. The maximum atomic E-state index is 11.5. The first-order valence-corrected chi connectivity index (χ1v) is 9.09. The number of amides is 1. The highest BCUT2D eigenvalue weighted by Gasteiger charge is 2.34. The number of pyridine rings is 1. The van der Waals surface area contributed by atoms with Crippen molar-refractivity contribution in [3.05, 3.63) is 18.3 Å². The van der Waals surface area contributed by atoms with Gasteiger partial charge in [0.05, 0.1) is 7.11 Å². The molecular weight excluding hydrogens is 360 g/mol. The van der Waals surface area contributed by atoms with Gasteiger partial charge in [-0.25, -0.2) is 10.4 Å². The Morgan fingerprint density at radius 1 is 1.46 bits per heavy atom. The van der Waals surface area contributed by atoms with Gasteiger partial charge in [-0.3, -0.25) is 9.79 Å². The van der Waals surface area contributed by atoms with Crippen LogP contribution >= 0.6 is 0 Å². The molecule has 0 radical (unpaired) electrons. The van der Waals surface area contributed by atoms with Gasteiger partial charge in [0.25, 0.3) is 0 Å². The van der Waals surface area contributed by atoms with Crippen molar-refractivity contribution in [3.8, 4) is 5.88 Å². The van der Waals surface area contributed by atoms with Crippen molar-refractivity contribution < 1.29 is 14.9 Å². The summed E-state index contributed by atoms with van der Waals surface area (Å²) < 4.78 is 5.07. The van der Waals surface area contributed by atoms with E-state index in [0.717, 1.165) is 25.7 Å². The highest BCUT2D eigenvalue weighted by Crippen LogP contribution is 2.35. The van der Waals surface area contributed by atoms with E-state index < -0.39 is 5.91 Å².